The van der Waals surface area contributed by atoms with E-state index in [1.54, 1.807) is 32.9 Å². The van der Waals surface area contributed by atoms with Crippen molar-refractivity contribution >= 4 is 11.9 Å². The first-order chi connectivity index (χ1) is 14.4. The average molecular weight is 433 g/mol. The highest BCUT2D eigenvalue weighted by molar-refractivity contribution is 5.88. The van der Waals surface area contributed by atoms with E-state index in [0.717, 1.165) is 5.57 Å². The Bertz CT molecular complexity index is 822. The SMILES string of the molecule is C=C(C(CC1OC1(C)C)OC(=O)/C(C)=C\C)[C@H]1C[C@H]2O[C@@]2(C)C[C@H]1OC(=O)/C(C)=C\C. The van der Waals surface area contributed by atoms with Crippen LogP contribution < -0.4 is 0 Å². The van der Waals surface area contributed by atoms with E-state index in [1.807, 2.05) is 27.7 Å². The Hall–Kier alpha value is -1.92. The summed E-state index contributed by atoms with van der Waals surface area (Å²) < 4.78 is 23.4. The molecule has 2 aliphatic heterocycles. The molecule has 6 heteroatoms. The second kappa shape index (κ2) is 8.55. The number of carbonyl (C=O) groups excluding carboxylic acids is 2. The van der Waals surface area contributed by atoms with E-state index < -0.39 is 6.10 Å². The fourth-order valence-electron chi connectivity index (χ4n) is 4.27. The van der Waals surface area contributed by atoms with Gasteiger partial charge in [0.05, 0.1) is 23.4 Å². The Labute approximate surface area is 185 Å². The van der Waals surface area contributed by atoms with Crippen LogP contribution in [0, 0.1) is 5.92 Å². The average Bonchev–Trinajstić information content (AvgIpc) is 3.57. The summed E-state index contributed by atoms with van der Waals surface area (Å²) in [4.78, 5) is 25.1. The van der Waals surface area contributed by atoms with Crippen LogP contribution in [0.15, 0.2) is 35.5 Å². The first-order valence-electron chi connectivity index (χ1n) is 11.1. The van der Waals surface area contributed by atoms with Crippen LogP contribution in [0.2, 0.25) is 0 Å². The molecule has 0 N–H and O–H groups in total. The largest absolute Gasteiger partial charge is 0.458 e. The lowest BCUT2D eigenvalue weighted by Crippen LogP contribution is -2.41. The number of hydrogen-bond acceptors (Lipinski definition) is 6. The van der Waals surface area contributed by atoms with Crippen LogP contribution in [0.1, 0.15) is 67.7 Å². The molecule has 0 radical (unpaired) electrons. The molecule has 0 aromatic carbocycles. The summed E-state index contributed by atoms with van der Waals surface area (Å²) in [7, 11) is 0. The van der Waals surface area contributed by atoms with Crippen LogP contribution in [-0.4, -0.2) is 47.6 Å². The lowest BCUT2D eigenvalue weighted by Gasteiger charge is -2.35. The van der Waals surface area contributed by atoms with Crippen molar-refractivity contribution in [3.63, 3.8) is 0 Å². The Balaban J connectivity index is 1.80. The summed E-state index contributed by atoms with van der Waals surface area (Å²) in [6, 6.07) is 0. The van der Waals surface area contributed by atoms with Gasteiger partial charge in [0.2, 0.25) is 0 Å². The van der Waals surface area contributed by atoms with Crippen LogP contribution in [0.4, 0.5) is 0 Å². The first-order valence-corrected chi connectivity index (χ1v) is 11.1. The standard InChI is InChI=1S/C25H36O6/c1-9-14(3)22(26)28-18(12-20-24(6,7)30-20)16(5)17-11-21-25(8,31-21)13-19(17)29-23(27)15(4)10-2/h9-10,17-21H,5,11-13H2,1-4,6-8H3/b14-9-,15-10-/t17-,18?,19-,20?,21-,25+/m1/s1. The van der Waals surface area contributed by atoms with Gasteiger partial charge in [0, 0.05) is 29.9 Å². The third-order valence-electron chi connectivity index (χ3n) is 7.06. The fraction of sp³-hybridized carbons (Fsp3) is 0.680. The van der Waals surface area contributed by atoms with Crippen molar-refractivity contribution in [2.45, 2.75) is 103 Å². The zero-order chi connectivity index (χ0) is 23.1. The molecule has 3 fully saturated rings. The Morgan fingerprint density at radius 3 is 2.23 bits per heavy atom. The summed E-state index contributed by atoms with van der Waals surface area (Å²) >= 11 is 0. The lowest BCUT2D eigenvalue weighted by atomic mass is 9.75. The smallest absolute Gasteiger partial charge is 0.333 e. The molecule has 0 aromatic rings. The van der Waals surface area contributed by atoms with Gasteiger partial charge in [0.25, 0.3) is 0 Å². The van der Waals surface area contributed by atoms with Gasteiger partial charge in [-0.1, -0.05) is 18.7 Å². The van der Waals surface area contributed by atoms with E-state index in [0.29, 0.717) is 30.4 Å². The molecule has 0 aromatic heterocycles. The maximum atomic E-state index is 12.6. The number of esters is 2. The Morgan fingerprint density at radius 2 is 1.68 bits per heavy atom. The lowest BCUT2D eigenvalue weighted by molar-refractivity contribution is -0.150. The van der Waals surface area contributed by atoms with E-state index in [9.17, 15) is 9.59 Å². The fourth-order valence-corrected chi connectivity index (χ4v) is 4.27. The molecule has 3 aliphatic rings. The molecular weight excluding hydrogens is 396 g/mol. The molecule has 2 heterocycles. The Kier molecular flexibility index (Phi) is 6.55. The maximum absolute atomic E-state index is 12.6. The van der Waals surface area contributed by atoms with Gasteiger partial charge in [-0.05, 0) is 60.5 Å². The van der Waals surface area contributed by atoms with Crippen LogP contribution in [0.5, 0.6) is 0 Å². The minimum atomic E-state index is -0.522. The zero-order valence-electron chi connectivity index (χ0n) is 19.8. The van der Waals surface area contributed by atoms with Crippen LogP contribution in [0.25, 0.3) is 0 Å². The van der Waals surface area contributed by atoms with Gasteiger partial charge >= 0.3 is 11.9 Å². The van der Waals surface area contributed by atoms with Gasteiger partial charge in [-0.25, -0.2) is 9.59 Å². The molecule has 2 saturated heterocycles. The van der Waals surface area contributed by atoms with Crippen molar-refractivity contribution < 1.29 is 28.5 Å². The number of epoxide rings is 2. The molecule has 1 saturated carbocycles. The van der Waals surface area contributed by atoms with E-state index in [1.165, 1.54) is 0 Å². The zero-order valence-corrected chi connectivity index (χ0v) is 19.8. The number of ether oxygens (including phenoxy) is 4. The van der Waals surface area contributed by atoms with Crippen molar-refractivity contribution in [2.75, 3.05) is 0 Å². The summed E-state index contributed by atoms with van der Waals surface area (Å²) in [5, 5.41) is 0. The minimum absolute atomic E-state index is 0.00902. The van der Waals surface area contributed by atoms with Crippen LogP contribution in [0.3, 0.4) is 0 Å². The predicted molar refractivity (Wildman–Crippen MR) is 117 cm³/mol. The molecular formula is C25H36O6. The normalized spacial score (nSPS) is 34.9. The van der Waals surface area contributed by atoms with Gasteiger partial charge in [-0.2, -0.15) is 0 Å². The molecule has 172 valence electrons. The first kappa shape index (κ1) is 23.7. The van der Waals surface area contributed by atoms with Crippen molar-refractivity contribution in [3.05, 3.63) is 35.5 Å². The molecule has 0 bridgehead atoms. The van der Waals surface area contributed by atoms with E-state index in [4.69, 9.17) is 18.9 Å². The second-order valence-corrected chi connectivity index (χ2v) is 9.77. The minimum Gasteiger partial charge on any atom is -0.458 e. The number of rotatable bonds is 8. The Morgan fingerprint density at radius 1 is 1.10 bits per heavy atom. The van der Waals surface area contributed by atoms with Crippen molar-refractivity contribution in [1.29, 1.82) is 0 Å². The molecule has 1 aliphatic carbocycles. The van der Waals surface area contributed by atoms with Crippen LogP contribution >= 0.6 is 0 Å². The van der Waals surface area contributed by atoms with Crippen molar-refractivity contribution in [1.82, 2.24) is 0 Å². The molecule has 2 unspecified atom stereocenters. The summed E-state index contributed by atoms with van der Waals surface area (Å²) in [5.74, 6) is -0.855. The van der Waals surface area contributed by atoms with E-state index >= 15 is 0 Å². The second-order valence-electron chi connectivity index (χ2n) is 9.77. The summed E-state index contributed by atoms with van der Waals surface area (Å²) in [5.41, 5.74) is 1.37. The number of allylic oxidation sites excluding steroid dienone is 2. The van der Waals surface area contributed by atoms with Crippen molar-refractivity contribution in [3.8, 4) is 0 Å². The van der Waals surface area contributed by atoms with Gasteiger partial charge in [0.1, 0.15) is 12.2 Å². The third-order valence-corrected chi connectivity index (χ3v) is 7.06. The number of fused-ring (bicyclic) bond motifs is 1. The highest BCUT2D eigenvalue weighted by Gasteiger charge is 2.60. The highest BCUT2D eigenvalue weighted by Crippen LogP contribution is 2.52. The third kappa shape index (κ3) is 5.12. The monoisotopic (exact) mass is 432 g/mol. The molecule has 0 amide bonds. The van der Waals surface area contributed by atoms with Gasteiger partial charge in [0.15, 0.2) is 0 Å². The van der Waals surface area contributed by atoms with Crippen molar-refractivity contribution in [2.24, 2.45) is 5.92 Å². The predicted octanol–water partition coefficient (Wildman–Crippen LogP) is 4.43. The molecule has 6 nitrogen and oxygen atoms in total. The van der Waals surface area contributed by atoms with Gasteiger partial charge in [-0.15, -0.1) is 0 Å². The number of hydrogen-bond donors (Lipinski definition) is 0. The highest BCUT2D eigenvalue weighted by atomic mass is 16.6. The maximum Gasteiger partial charge on any atom is 0.333 e. The molecule has 6 atom stereocenters. The summed E-state index contributed by atoms with van der Waals surface area (Å²) in [6.07, 6.45) is 4.49. The quantitative estimate of drug-likeness (QED) is 0.244. The molecule has 3 rings (SSSR count). The number of carbonyl (C=O) groups is 2. The van der Waals surface area contributed by atoms with E-state index in [2.05, 4.69) is 6.58 Å². The molecule has 31 heavy (non-hydrogen) atoms. The van der Waals surface area contributed by atoms with Gasteiger partial charge in [-0.3, -0.25) is 0 Å². The van der Waals surface area contributed by atoms with Gasteiger partial charge < -0.3 is 18.9 Å². The van der Waals surface area contributed by atoms with Crippen LogP contribution in [-0.2, 0) is 28.5 Å². The molecule has 0 spiro atoms. The summed E-state index contributed by atoms with van der Waals surface area (Å²) in [6.45, 7) is 17.5. The topological polar surface area (TPSA) is 77.7 Å². The van der Waals surface area contributed by atoms with E-state index in [-0.39, 0.29) is 47.4 Å².